The summed E-state index contributed by atoms with van der Waals surface area (Å²) in [5, 5.41) is 0.800. The Morgan fingerprint density at radius 2 is 2.00 bits per heavy atom. The van der Waals surface area contributed by atoms with Gasteiger partial charge in [-0.2, -0.15) is 0 Å². The van der Waals surface area contributed by atoms with Crippen LogP contribution in [0.5, 0.6) is 0 Å². The first-order valence-corrected chi connectivity index (χ1v) is 10.1. The zero-order valence-corrected chi connectivity index (χ0v) is 15.4. The number of esters is 1. The third-order valence-electron chi connectivity index (χ3n) is 4.59. The molecule has 3 rings (SSSR count). The van der Waals surface area contributed by atoms with Crippen molar-refractivity contribution in [1.82, 2.24) is 9.88 Å². The van der Waals surface area contributed by atoms with Gasteiger partial charge in [-0.25, -0.2) is 13.2 Å². The summed E-state index contributed by atoms with van der Waals surface area (Å²) in [6, 6.07) is 8.39. The molecule has 26 heavy (non-hydrogen) atoms. The van der Waals surface area contributed by atoms with Gasteiger partial charge in [-0.3, -0.25) is 9.78 Å². The van der Waals surface area contributed by atoms with Crippen molar-refractivity contribution in [2.45, 2.75) is 25.5 Å². The fraction of sp³-hybridized carbons (Fsp3) is 0.389. The number of rotatable bonds is 4. The number of sulfone groups is 1. The minimum absolute atomic E-state index is 0.0524. The van der Waals surface area contributed by atoms with Gasteiger partial charge in [0.25, 0.3) is 5.91 Å². The number of carbonyl (C=O) groups excluding carboxylic acids is 2. The van der Waals surface area contributed by atoms with Gasteiger partial charge < -0.3 is 9.64 Å². The Hall–Kier alpha value is -2.48. The van der Waals surface area contributed by atoms with Crippen molar-refractivity contribution in [1.29, 1.82) is 0 Å². The molecule has 8 heteroatoms. The molecular weight excluding hydrogens is 356 g/mol. The normalized spacial score (nSPS) is 19.8. The molecule has 2 heterocycles. The molecule has 0 aliphatic carbocycles. The molecule has 1 aliphatic rings. The molecule has 138 valence electrons. The second kappa shape index (κ2) is 7.03. The minimum Gasteiger partial charge on any atom is -0.449 e. The third-order valence-corrected chi connectivity index (χ3v) is 6.34. The summed E-state index contributed by atoms with van der Waals surface area (Å²) in [7, 11) is -1.56. The van der Waals surface area contributed by atoms with E-state index in [4.69, 9.17) is 4.74 Å². The Kier molecular flexibility index (Phi) is 4.95. The Balaban J connectivity index is 1.71. The lowest BCUT2D eigenvalue weighted by Crippen LogP contribution is -2.44. The average molecular weight is 376 g/mol. The molecule has 1 aromatic heterocycles. The first kappa shape index (κ1) is 18.3. The molecular formula is C18H20N2O5S. The summed E-state index contributed by atoms with van der Waals surface area (Å²) in [6.45, 7) is 1.48. The summed E-state index contributed by atoms with van der Waals surface area (Å²) >= 11 is 0. The number of nitrogens with zero attached hydrogens (tertiary/aromatic N) is 2. The van der Waals surface area contributed by atoms with Crippen molar-refractivity contribution in [2.75, 3.05) is 18.6 Å². The SMILES string of the molecule is C[C@H](OC(=O)c1cccc2cccnc12)C(=O)N(C)[C@H]1CCS(=O)(=O)C1. The number of carbonyl (C=O) groups is 2. The zero-order valence-electron chi connectivity index (χ0n) is 14.6. The smallest absolute Gasteiger partial charge is 0.341 e. The number of para-hydroxylation sites is 1. The van der Waals surface area contributed by atoms with E-state index in [9.17, 15) is 18.0 Å². The van der Waals surface area contributed by atoms with Gasteiger partial charge in [0.15, 0.2) is 15.9 Å². The number of hydrogen-bond donors (Lipinski definition) is 0. The standard InChI is InChI=1S/C18H20N2O5S/c1-12(17(21)20(2)14-8-10-26(23,24)11-14)25-18(22)15-7-3-5-13-6-4-9-19-16(13)15/h3-7,9,12,14H,8,10-11H2,1-2H3/t12-,14-/m0/s1. The maximum atomic E-state index is 12.5. The molecule has 0 radical (unpaired) electrons. The fourth-order valence-electron chi connectivity index (χ4n) is 3.09. The number of benzene rings is 1. The summed E-state index contributed by atoms with van der Waals surface area (Å²) in [4.78, 5) is 30.6. The molecule has 7 nitrogen and oxygen atoms in total. The highest BCUT2D eigenvalue weighted by Crippen LogP contribution is 2.20. The molecule has 2 aromatic rings. The molecule has 0 saturated carbocycles. The second-order valence-corrected chi connectivity index (χ2v) is 8.66. The van der Waals surface area contributed by atoms with E-state index < -0.39 is 27.8 Å². The number of pyridine rings is 1. The van der Waals surface area contributed by atoms with Crippen molar-refractivity contribution in [2.24, 2.45) is 0 Å². The highest BCUT2D eigenvalue weighted by atomic mass is 32.2. The number of ether oxygens (including phenoxy) is 1. The van der Waals surface area contributed by atoms with Gasteiger partial charge in [0, 0.05) is 24.7 Å². The lowest BCUT2D eigenvalue weighted by Gasteiger charge is -2.26. The quantitative estimate of drug-likeness (QED) is 0.750. The van der Waals surface area contributed by atoms with E-state index in [0.29, 0.717) is 11.9 Å². The third kappa shape index (κ3) is 3.70. The van der Waals surface area contributed by atoms with Crippen molar-refractivity contribution in [3.63, 3.8) is 0 Å². The maximum absolute atomic E-state index is 12.5. The van der Waals surface area contributed by atoms with Crippen LogP contribution in [0.2, 0.25) is 0 Å². The largest absolute Gasteiger partial charge is 0.449 e. The Bertz CT molecular complexity index is 952. The van der Waals surface area contributed by atoms with Crippen LogP contribution >= 0.6 is 0 Å². The predicted octanol–water partition coefficient (Wildman–Crippen LogP) is 1.43. The van der Waals surface area contributed by atoms with E-state index in [1.807, 2.05) is 12.1 Å². The number of likely N-dealkylation sites (N-methyl/N-ethyl adjacent to an activating group) is 1. The van der Waals surface area contributed by atoms with Crippen LogP contribution in [0.25, 0.3) is 10.9 Å². The van der Waals surface area contributed by atoms with Crippen LogP contribution in [0.1, 0.15) is 23.7 Å². The van der Waals surface area contributed by atoms with E-state index in [1.54, 1.807) is 24.4 Å². The molecule has 1 aliphatic heterocycles. The Morgan fingerprint density at radius 1 is 1.27 bits per heavy atom. The lowest BCUT2D eigenvalue weighted by molar-refractivity contribution is -0.140. The maximum Gasteiger partial charge on any atom is 0.341 e. The summed E-state index contributed by atoms with van der Waals surface area (Å²) in [5.74, 6) is -1.04. The van der Waals surface area contributed by atoms with Crippen LogP contribution in [0, 0.1) is 0 Å². The number of hydrogen-bond acceptors (Lipinski definition) is 6. The summed E-state index contributed by atoms with van der Waals surface area (Å²) < 4.78 is 28.5. The number of amides is 1. The summed E-state index contributed by atoms with van der Waals surface area (Å²) in [5.41, 5.74) is 0.795. The van der Waals surface area contributed by atoms with E-state index in [1.165, 1.54) is 18.9 Å². The van der Waals surface area contributed by atoms with Crippen molar-refractivity contribution >= 4 is 32.6 Å². The molecule has 1 saturated heterocycles. The number of fused-ring (bicyclic) bond motifs is 1. The van der Waals surface area contributed by atoms with Crippen molar-refractivity contribution in [3.05, 3.63) is 42.1 Å². The molecule has 1 amide bonds. The van der Waals surface area contributed by atoms with Crippen LogP contribution in [0.15, 0.2) is 36.5 Å². The van der Waals surface area contributed by atoms with E-state index >= 15 is 0 Å². The van der Waals surface area contributed by atoms with Gasteiger partial charge in [-0.05, 0) is 25.5 Å². The molecule has 0 unspecified atom stereocenters. The fourth-order valence-corrected chi connectivity index (χ4v) is 4.87. The van der Waals surface area contributed by atoms with Gasteiger partial charge in [0.2, 0.25) is 0 Å². The van der Waals surface area contributed by atoms with Crippen molar-refractivity contribution in [3.8, 4) is 0 Å². The molecule has 0 bridgehead atoms. The van der Waals surface area contributed by atoms with E-state index in [0.717, 1.165) is 5.39 Å². The van der Waals surface area contributed by atoms with Gasteiger partial charge in [-0.1, -0.05) is 18.2 Å². The molecule has 0 N–H and O–H groups in total. The highest BCUT2D eigenvalue weighted by molar-refractivity contribution is 7.91. The van der Waals surface area contributed by atoms with Gasteiger partial charge >= 0.3 is 5.97 Å². The first-order valence-electron chi connectivity index (χ1n) is 8.30. The zero-order chi connectivity index (χ0) is 18.9. The topological polar surface area (TPSA) is 93.6 Å². The van der Waals surface area contributed by atoms with Crippen LogP contribution in [-0.2, 0) is 19.4 Å². The summed E-state index contributed by atoms with van der Waals surface area (Å²) in [6.07, 6.45) is 0.968. The number of aromatic nitrogens is 1. The molecule has 2 atom stereocenters. The minimum atomic E-state index is -3.10. The second-order valence-electron chi connectivity index (χ2n) is 6.43. The highest BCUT2D eigenvalue weighted by Gasteiger charge is 2.35. The first-order chi connectivity index (χ1) is 12.3. The predicted molar refractivity (Wildman–Crippen MR) is 96.4 cm³/mol. The van der Waals surface area contributed by atoms with E-state index in [2.05, 4.69) is 4.98 Å². The van der Waals surface area contributed by atoms with Gasteiger partial charge in [0.05, 0.1) is 22.6 Å². The lowest BCUT2D eigenvalue weighted by atomic mass is 10.1. The molecule has 0 spiro atoms. The monoisotopic (exact) mass is 376 g/mol. The van der Waals surface area contributed by atoms with E-state index in [-0.39, 0.29) is 23.1 Å². The average Bonchev–Trinajstić information content (AvgIpc) is 2.99. The Morgan fingerprint density at radius 3 is 2.69 bits per heavy atom. The Labute approximate surface area is 151 Å². The van der Waals surface area contributed by atoms with Crippen LogP contribution < -0.4 is 0 Å². The van der Waals surface area contributed by atoms with Gasteiger partial charge in [-0.15, -0.1) is 0 Å². The van der Waals surface area contributed by atoms with Gasteiger partial charge in [0.1, 0.15) is 0 Å². The van der Waals surface area contributed by atoms with Crippen molar-refractivity contribution < 1.29 is 22.7 Å². The van der Waals surface area contributed by atoms with Crippen LogP contribution in [0.4, 0.5) is 0 Å². The van der Waals surface area contributed by atoms with Crippen LogP contribution in [0.3, 0.4) is 0 Å². The molecule has 1 fully saturated rings. The molecule has 1 aromatic carbocycles. The van der Waals surface area contributed by atoms with Crippen LogP contribution in [-0.4, -0.2) is 60.9 Å².